The van der Waals surface area contributed by atoms with E-state index in [1.165, 1.54) is 0 Å². The highest BCUT2D eigenvalue weighted by atomic mass is 16.5. The molecule has 1 fully saturated rings. The van der Waals surface area contributed by atoms with E-state index in [0.717, 1.165) is 49.5 Å². The number of pyridine rings is 1. The van der Waals surface area contributed by atoms with Gasteiger partial charge in [0.1, 0.15) is 11.3 Å². The summed E-state index contributed by atoms with van der Waals surface area (Å²) < 4.78 is 7.98. The molecule has 4 nitrogen and oxygen atoms in total. The molecule has 0 saturated carbocycles. The van der Waals surface area contributed by atoms with Crippen LogP contribution in [0.25, 0.3) is 11.2 Å². The van der Waals surface area contributed by atoms with Crippen LogP contribution in [0.5, 0.6) is 0 Å². The third kappa shape index (κ3) is 2.70. The van der Waals surface area contributed by atoms with Gasteiger partial charge in [-0.15, -0.1) is 0 Å². The van der Waals surface area contributed by atoms with Gasteiger partial charge in [-0.05, 0) is 30.4 Å². The van der Waals surface area contributed by atoms with Gasteiger partial charge in [0.15, 0.2) is 5.65 Å². The van der Waals surface area contributed by atoms with Crippen molar-refractivity contribution >= 4 is 11.2 Å². The summed E-state index contributed by atoms with van der Waals surface area (Å²) in [4.78, 5) is 9.37. The van der Waals surface area contributed by atoms with Crippen LogP contribution in [-0.2, 0) is 11.2 Å². The smallest absolute Gasteiger partial charge is 0.160 e. The highest BCUT2D eigenvalue weighted by molar-refractivity contribution is 5.71. The van der Waals surface area contributed by atoms with Gasteiger partial charge in [0.2, 0.25) is 0 Å². The minimum Gasteiger partial charge on any atom is -0.379 e. The highest BCUT2D eigenvalue weighted by Crippen LogP contribution is 2.29. The second-order valence-electron chi connectivity index (χ2n) is 6.85. The van der Waals surface area contributed by atoms with Gasteiger partial charge in [0.05, 0.1) is 12.6 Å². The third-order valence-corrected chi connectivity index (χ3v) is 3.71. The average molecular weight is 273 g/mol. The predicted molar refractivity (Wildman–Crippen MR) is 79.8 cm³/mol. The van der Waals surface area contributed by atoms with E-state index >= 15 is 0 Å². The van der Waals surface area contributed by atoms with Gasteiger partial charge < -0.3 is 9.30 Å². The number of ether oxygens (including phenoxy) is 1. The first-order valence-electron chi connectivity index (χ1n) is 7.44. The van der Waals surface area contributed by atoms with Crippen LogP contribution in [0.2, 0.25) is 0 Å². The third-order valence-electron chi connectivity index (χ3n) is 3.71. The molecule has 0 aliphatic carbocycles. The monoisotopic (exact) mass is 273 g/mol. The summed E-state index contributed by atoms with van der Waals surface area (Å²) in [5.41, 5.74) is 2.22. The Morgan fingerprint density at radius 3 is 2.95 bits per heavy atom. The highest BCUT2D eigenvalue weighted by Gasteiger charge is 2.25. The van der Waals surface area contributed by atoms with Crippen LogP contribution in [0, 0.1) is 5.41 Å². The minimum absolute atomic E-state index is 0.217. The Hall–Kier alpha value is -1.42. The molecule has 0 aromatic carbocycles. The zero-order chi connectivity index (χ0) is 14.2. The van der Waals surface area contributed by atoms with Gasteiger partial charge in [-0.3, -0.25) is 0 Å². The molecule has 108 valence electrons. The van der Waals surface area contributed by atoms with Crippen molar-refractivity contribution in [1.82, 2.24) is 14.5 Å². The topological polar surface area (TPSA) is 39.9 Å². The van der Waals surface area contributed by atoms with Crippen molar-refractivity contribution in [1.29, 1.82) is 0 Å². The van der Waals surface area contributed by atoms with Crippen molar-refractivity contribution in [2.24, 2.45) is 5.41 Å². The number of rotatable bonds is 2. The molecule has 1 atom stereocenters. The molecule has 20 heavy (non-hydrogen) atoms. The van der Waals surface area contributed by atoms with Crippen molar-refractivity contribution in [3.63, 3.8) is 0 Å². The van der Waals surface area contributed by atoms with Crippen LogP contribution in [0.15, 0.2) is 18.3 Å². The number of fused-ring (bicyclic) bond motifs is 1. The zero-order valence-corrected chi connectivity index (χ0v) is 12.6. The van der Waals surface area contributed by atoms with Crippen molar-refractivity contribution in [3.05, 3.63) is 24.2 Å². The van der Waals surface area contributed by atoms with E-state index in [4.69, 9.17) is 9.72 Å². The molecule has 0 spiro atoms. The number of hydrogen-bond donors (Lipinski definition) is 0. The fraction of sp³-hybridized carbons (Fsp3) is 0.625. The fourth-order valence-corrected chi connectivity index (χ4v) is 2.89. The van der Waals surface area contributed by atoms with Gasteiger partial charge in [0.25, 0.3) is 0 Å². The summed E-state index contributed by atoms with van der Waals surface area (Å²) in [6, 6.07) is 4.38. The van der Waals surface area contributed by atoms with Crippen molar-refractivity contribution in [3.8, 4) is 0 Å². The Bertz CT molecular complexity index is 591. The second kappa shape index (κ2) is 5.17. The number of hydrogen-bond acceptors (Lipinski definition) is 3. The first-order chi connectivity index (χ1) is 9.54. The van der Waals surface area contributed by atoms with Gasteiger partial charge in [-0.25, -0.2) is 9.97 Å². The van der Waals surface area contributed by atoms with Crippen LogP contribution in [0.3, 0.4) is 0 Å². The number of aromatic nitrogens is 3. The van der Waals surface area contributed by atoms with Gasteiger partial charge in [0, 0.05) is 19.2 Å². The Labute approximate surface area is 120 Å². The summed E-state index contributed by atoms with van der Waals surface area (Å²) in [6.07, 6.45) is 5.08. The summed E-state index contributed by atoms with van der Waals surface area (Å²) in [5, 5.41) is 0. The Morgan fingerprint density at radius 2 is 2.25 bits per heavy atom. The standard InChI is InChI=1S/C16H23N3O/c1-16(2,3)10-14-18-13-7-4-8-17-15(13)19(14)12-6-5-9-20-11-12/h4,7-8,12H,5-6,9-11H2,1-3H3. The van der Waals surface area contributed by atoms with E-state index in [0.29, 0.717) is 6.04 Å². The molecule has 3 heterocycles. The van der Waals surface area contributed by atoms with E-state index < -0.39 is 0 Å². The summed E-state index contributed by atoms with van der Waals surface area (Å²) in [7, 11) is 0. The first-order valence-corrected chi connectivity index (χ1v) is 7.44. The van der Waals surface area contributed by atoms with Gasteiger partial charge in [-0.1, -0.05) is 20.8 Å². The van der Waals surface area contributed by atoms with Gasteiger partial charge >= 0.3 is 0 Å². The molecule has 1 unspecified atom stereocenters. The Kier molecular flexibility index (Phi) is 3.50. The maximum Gasteiger partial charge on any atom is 0.160 e. The SMILES string of the molecule is CC(C)(C)Cc1nc2cccnc2n1C1CCCOC1. The largest absolute Gasteiger partial charge is 0.379 e. The van der Waals surface area contributed by atoms with Crippen LogP contribution >= 0.6 is 0 Å². The molecule has 4 heteroatoms. The molecule has 0 radical (unpaired) electrons. The normalized spacial score (nSPS) is 20.4. The van der Waals surface area contributed by atoms with Crippen molar-refractivity contribution in [2.45, 2.75) is 46.1 Å². The van der Waals surface area contributed by atoms with E-state index in [9.17, 15) is 0 Å². The lowest BCUT2D eigenvalue weighted by Crippen LogP contribution is -2.24. The van der Waals surface area contributed by atoms with E-state index in [-0.39, 0.29) is 5.41 Å². The fourth-order valence-electron chi connectivity index (χ4n) is 2.89. The molecule has 2 aromatic heterocycles. The van der Waals surface area contributed by atoms with E-state index in [1.54, 1.807) is 0 Å². The lowest BCUT2D eigenvalue weighted by Gasteiger charge is -2.27. The number of imidazole rings is 1. The molecule has 3 rings (SSSR count). The summed E-state index contributed by atoms with van der Waals surface area (Å²) in [6.45, 7) is 8.41. The van der Waals surface area contributed by atoms with Gasteiger partial charge in [-0.2, -0.15) is 0 Å². The van der Waals surface area contributed by atoms with E-state index in [1.807, 2.05) is 12.3 Å². The molecule has 1 aliphatic rings. The maximum atomic E-state index is 5.66. The minimum atomic E-state index is 0.217. The molecule has 0 N–H and O–H groups in total. The van der Waals surface area contributed by atoms with Crippen LogP contribution in [0.4, 0.5) is 0 Å². The molecular formula is C16H23N3O. The summed E-state index contributed by atoms with van der Waals surface area (Å²) in [5.74, 6) is 1.14. The number of nitrogens with zero attached hydrogens (tertiary/aromatic N) is 3. The van der Waals surface area contributed by atoms with Crippen molar-refractivity contribution < 1.29 is 4.74 Å². The maximum absolute atomic E-state index is 5.66. The first kappa shape index (κ1) is 13.6. The summed E-state index contributed by atoms with van der Waals surface area (Å²) >= 11 is 0. The quantitative estimate of drug-likeness (QED) is 0.842. The lowest BCUT2D eigenvalue weighted by molar-refractivity contribution is 0.0589. The molecule has 1 aliphatic heterocycles. The van der Waals surface area contributed by atoms with Crippen molar-refractivity contribution in [2.75, 3.05) is 13.2 Å². The average Bonchev–Trinajstić information content (AvgIpc) is 2.75. The Morgan fingerprint density at radius 1 is 1.40 bits per heavy atom. The molecule has 1 saturated heterocycles. The molecule has 0 amide bonds. The lowest BCUT2D eigenvalue weighted by atomic mass is 9.92. The Balaban J connectivity index is 2.07. The molecule has 2 aromatic rings. The molecular weight excluding hydrogens is 250 g/mol. The second-order valence-corrected chi connectivity index (χ2v) is 6.85. The molecule has 0 bridgehead atoms. The predicted octanol–water partition coefficient (Wildman–Crippen LogP) is 3.37. The van der Waals surface area contributed by atoms with E-state index in [2.05, 4.69) is 36.4 Å². The van der Waals surface area contributed by atoms with Crippen LogP contribution < -0.4 is 0 Å². The zero-order valence-electron chi connectivity index (χ0n) is 12.6. The van der Waals surface area contributed by atoms with Crippen LogP contribution in [-0.4, -0.2) is 27.7 Å². The van der Waals surface area contributed by atoms with Crippen LogP contribution in [0.1, 0.15) is 45.5 Å².